The molecule has 20 heavy (non-hydrogen) atoms. The Labute approximate surface area is 130 Å². The van der Waals surface area contributed by atoms with Gasteiger partial charge in [-0.1, -0.05) is 30.1 Å². The fourth-order valence-electron chi connectivity index (χ4n) is 2.39. The highest BCUT2D eigenvalue weighted by atomic mass is 35.5. The molecule has 0 aromatic heterocycles. The number of carbonyl (C=O) groups is 1. The minimum atomic E-state index is 0.220. The van der Waals surface area contributed by atoms with Gasteiger partial charge in [0.2, 0.25) is 5.91 Å². The topological polar surface area (TPSA) is 32.3 Å². The molecule has 0 aliphatic carbocycles. The zero-order valence-electron chi connectivity index (χ0n) is 11.7. The maximum Gasteiger partial charge on any atom is 0.224 e. The molecule has 1 fully saturated rings. The molecular weight excluding hydrogens is 295 g/mol. The average Bonchev–Trinajstić information content (AvgIpc) is 2.38. The SMILES string of the molecule is CC1CCN(C(=O)CCNc2cc(Cl)cc(Cl)c2)CC1. The molecule has 1 saturated heterocycles. The maximum absolute atomic E-state index is 12.1. The number of amides is 1. The molecule has 1 aliphatic rings. The molecule has 0 bridgehead atoms. The van der Waals surface area contributed by atoms with Crippen LogP contribution >= 0.6 is 23.2 Å². The first-order valence-electron chi connectivity index (χ1n) is 7.02. The van der Waals surface area contributed by atoms with Gasteiger partial charge in [0, 0.05) is 41.8 Å². The average molecular weight is 315 g/mol. The van der Waals surface area contributed by atoms with Crippen LogP contribution in [0.4, 0.5) is 5.69 Å². The molecule has 0 saturated carbocycles. The first-order chi connectivity index (χ1) is 9.54. The van der Waals surface area contributed by atoms with E-state index in [4.69, 9.17) is 23.2 Å². The summed E-state index contributed by atoms with van der Waals surface area (Å²) in [6.07, 6.45) is 2.73. The zero-order valence-corrected chi connectivity index (χ0v) is 13.2. The van der Waals surface area contributed by atoms with Crippen molar-refractivity contribution in [2.24, 2.45) is 5.92 Å². The van der Waals surface area contributed by atoms with Crippen LogP contribution in [0.1, 0.15) is 26.2 Å². The maximum atomic E-state index is 12.1. The van der Waals surface area contributed by atoms with Crippen molar-refractivity contribution in [3.05, 3.63) is 28.2 Å². The van der Waals surface area contributed by atoms with Crippen molar-refractivity contribution >= 4 is 34.8 Å². The van der Waals surface area contributed by atoms with Gasteiger partial charge >= 0.3 is 0 Å². The van der Waals surface area contributed by atoms with Crippen LogP contribution in [0.2, 0.25) is 10.0 Å². The predicted molar refractivity (Wildman–Crippen MR) is 84.5 cm³/mol. The van der Waals surface area contributed by atoms with E-state index in [9.17, 15) is 4.79 Å². The molecule has 1 amide bonds. The second kappa shape index (κ2) is 7.19. The Morgan fingerprint density at radius 2 is 1.85 bits per heavy atom. The summed E-state index contributed by atoms with van der Waals surface area (Å²) in [6.45, 7) is 4.62. The Kier molecular flexibility index (Phi) is 5.55. The summed E-state index contributed by atoms with van der Waals surface area (Å²) in [5.74, 6) is 0.961. The number of hydrogen-bond donors (Lipinski definition) is 1. The molecule has 0 radical (unpaired) electrons. The number of piperidine rings is 1. The molecule has 5 heteroatoms. The van der Waals surface area contributed by atoms with Crippen molar-refractivity contribution in [1.82, 2.24) is 4.90 Å². The van der Waals surface area contributed by atoms with Gasteiger partial charge in [0.15, 0.2) is 0 Å². The van der Waals surface area contributed by atoms with Crippen molar-refractivity contribution in [2.75, 3.05) is 25.0 Å². The normalized spacial score (nSPS) is 16.2. The van der Waals surface area contributed by atoms with Crippen molar-refractivity contribution in [2.45, 2.75) is 26.2 Å². The number of nitrogens with zero attached hydrogens (tertiary/aromatic N) is 1. The first-order valence-corrected chi connectivity index (χ1v) is 7.78. The Bertz CT molecular complexity index is 451. The molecule has 2 rings (SSSR count). The first kappa shape index (κ1) is 15.5. The number of likely N-dealkylation sites (tertiary alicyclic amines) is 1. The van der Waals surface area contributed by atoms with Gasteiger partial charge in [-0.05, 0) is 37.0 Å². The van der Waals surface area contributed by atoms with Gasteiger partial charge in [0.05, 0.1) is 0 Å². The molecule has 0 unspecified atom stereocenters. The highest BCUT2D eigenvalue weighted by Crippen LogP contribution is 2.22. The monoisotopic (exact) mass is 314 g/mol. The van der Waals surface area contributed by atoms with Crippen LogP contribution in [0.3, 0.4) is 0 Å². The van der Waals surface area contributed by atoms with Gasteiger partial charge in [0.1, 0.15) is 0 Å². The lowest BCUT2D eigenvalue weighted by Gasteiger charge is -2.30. The summed E-state index contributed by atoms with van der Waals surface area (Å²) in [6, 6.07) is 5.30. The van der Waals surface area contributed by atoms with Gasteiger partial charge < -0.3 is 10.2 Å². The lowest BCUT2D eigenvalue weighted by atomic mass is 9.99. The molecule has 3 nitrogen and oxygen atoms in total. The molecule has 1 aliphatic heterocycles. The van der Waals surface area contributed by atoms with Crippen LogP contribution in [0, 0.1) is 5.92 Å². The lowest BCUT2D eigenvalue weighted by Crippen LogP contribution is -2.38. The van der Waals surface area contributed by atoms with E-state index in [1.54, 1.807) is 18.2 Å². The number of hydrogen-bond acceptors (Lipinski definition) is 2. The van der Waals surface area contributed by atoms with Crippen molar-refractivity contribution in [1.29, 1.82) is 0 Å². The molecule has 1 aromatic rings. The highest BCUT2D eigenvalue weighted by molar-refractivity contribution is 6.35. The molecule has 1 aromatic carbocycles. The largest absolute Gasteiger partial charge is 0.384 e. The Morgan fingerprint density at radius 3 is 2.45 bits per heavy atom. The third kappa shape index (κ3) is 4.57. The van der Waals surface area contributed by atoms with Crippen molar-refractivity contribution in [3.8, 4) is 0 Å². The Hall–Kier alpha value is -0.930. The molecule has 110 valence electrons. The molecule has 1 N–H and O–H groups in total. The minimum Gasteiger partial charge on any atom is -0.384 e. The van der Waals surface area contributed by atoms with Gasteiger partial charge in [-0.15, -0.1) is 0 Å². The fraction of sp³-hybridized carbons (Fsp3) is 0.533. The summed E-state index contributed by atoms with van der Waals surface area (Å²) < 4.78 is 0. The van der Waals surface area contributed by atoms with Crippen LogP contribution in [0.25, 0.3) is 0 Å². The lowest BCUT2D eigenvalue weighted by molar-refractivity contribution is -0.132. The smallest absolute Gasteiger partial charge is 0.224 e. The van der Waals surface area contributed by atoms with Crippen LogP contribution in [0.5, 0.6) is 0 Å². The number of rotatable bonds is 4. The summed E-state index contributed by atoms with van der Waals surface area (Å²) in [7, 11) is 0. The van der Waals surface area contributed by atoms with E-state index in [1.165, 1.54) is 0 Å². The van der Waals surface area contributed by atoms with Crippen LogP contribution in [-0.4, -0.2) is 30.4 Å². The molecule has 0 atom stereocenters. The number of carbonyl (C=O) groups excluding carboxylic acids is 1. The van der Waals surface area contributed by atoms with E-state index in [1.807, 2.05) is 4.90 Å². The zero-order chi connectivity index (χ0) is 14.5. The summed E-state index contributed by atoms with van der Waals surface area (Å²) in [5, 5.41) is 4.38. The van der Waals surface area contributed by atoms with Gasteiger partial charge in [0.25, 0.3) is 0 Å². The second-order valence-corrected chi connectivity index (χ2v) is 6.27. The van der Waals surface area contributed by atoms with E-state index in [0.29, 0.717) is 23.0 Å². The Morgan fingerprint density at radius 1 is 1.25 bits per heavy atom. The van der Waals surface area contributed by atoms with Crippen molar-refractivity contribution in [3.63, 3.8) is 0 Å². The van der Waals surface area contributed by atoms with Crippen molar-refractivity contribution < 1.29 is 4.79 Å². The van der Waals surface area contributed by atoms with Crippen LogP contribution in [0.15, 0.2) is 18.2 Å². The summed E-state index contributed by atoms with van der Waals surface area (Å²) in [4.78, 5) is 14.0. The van der Waals surface area contributed by atoms with E-state index in [2.05, 4.69) is 12.2 Å². The summed E-state index contributed by atoms with van der Waals surface area (Å²) >= 11 is 11.9. The van der Waals surface area contributed by atoms with Crippen LogP contribution < -0.4 is 5.32 Å². The second-order valence-electron chi connectivity index (χ2n) is 5.40. The van der Waals surface area contributed by atoms with Crippen LogP contribution in [-0.2, 0) is 4.79 Å². The third-order valence-electron chi connectivity index (χ3n) is 3.67. The number of anilines is 1. The molecule has 0 spiro atoms. The third-order valence-corrected chi connectivity index (χ3v) is 4.10. The van der Waals surface area contributed by atoms with Gasteiger partial charge in [-0.3, -0.25) is 4.79 Å². The predicted octanol–water partition coefficient (Wildman–Crippen LogP) is 4.05. The standard InChI is InChI=1S/C15H20Cl2N2O/c1-11-3-6-19(7-4-11)15(20)2-5-18-14-9-12(16)8-13(17)10-14/h8-11,18H,2-7H2,1H3. The number of halogens is 2. The van der Waals surface area contributed by atoms with Gasteiger partial charge in [-0.2, -0.15) is 0 Å². The van der Waals surface area contributed by atoms with E-state index in [0.717, 1.165) is 37.5 Å². The fourth-order valence-corrected chi connectivity index (χ4v) is 2.91. The number of benzene rings is 1. The van der Waals surface area contributed by atoms with E-state index < -0.39 is 0 Å². The summed E-state index contributed by atoms with van der Waals surface area (Å²) in [5.41, 5.74) is 0.850. The van der Waals surface area contributed by atoms with E-state index in [-0.39, 0.29) is 5.91 Å². The molecular formula is C15H20Cl2N2O. The van der Waals surface area contributed by atoms with E-state index >= 15 is 0 Å². The van der Waals surface area contributed by atoms with Gasteiger partial charge in [-0.25, -0.2) is 0 Å². The minimum absolute atomic E-state index is 0.220. The molecule has 1 heterocycles. The number of nitrogens with one attached hydrogen (secondary N) is 1. The quantitative estimate of drug-likeness (QED) is 0.909. The Balaban J connectivity index is 1.76. The highest BCUT2D eigenvalue weighted by Gasteiger charge is 2.19.